The summed E-state index contributed by atoms with van der Waals surface area (Å²) in [6.45, 7) is 0. The number of benzene rings is 1. The number of anilines is 1. The van der Waals surface area contributed by atoms with E-state index < -0.39 is 10.0 Å². The first kappa shape index (κ1) is 11.7. The molecule has 1 aromatic carbocycles. The molecule has 0 bridgehead atoms. The highest BCUT2D eigenvalue weighted by molar-refractivity contribution is 7.92. The maximum absolute atomic E-state index is 11.3. The summed E-state index contributed by atoms with van der Waals surface area (Å²) in [5.74, 6) is 0.464. The van der Waals surface area contributed by atoms with Crippen molar-refractivity contribution in [3.63, 3.8) is 0 Å². The minimum Gasteiger partial charge on any atom is -0.494 e. The van der Waals surface area contributed by atoms with E-state index in [1.165, 1.54) is 7.11 Å². The van der Waals surface area contributed by atoms with Crippen molar-refractivity contribution >= 4 is 26.6 Å². The zero-order valence-electron chi connectivity index (χ0n) is 9.76. The molecule has 0 radical (unpaired) electrons. The molecule has 6 nitrogen and oxygen atoms in total. The molecule has 0 atom stereocenters. The van der Waals surface area contributed by atoms with Gasteiger partial charge in [-0.1, -0.05) is 0 Å². The van der Waals surface area contributed by atoms with Crippen molar-refractivity contribution in [3.8, 4) is 5.75 Å². The molecule has 1 heterocycles. The van der Waals surface area contributed by atoms with Crippen LogP contribution in [0, 0.1) is 0 Å². The minimum absolute atomic E-state index is 0.410. The molecule has 2 aromatic rings. The molecular weight excluding hydrogens is 242 g/mol. The number of aromatic nitrogens is 2. The number of hydrogen-bond acceptors (Lipinski definition) is 4. The van der Waals surface area contributed by atoms with Gasteiger partial charge in [0.2, 0.25) is 10.0 Å². The lowest BCUT2D eigenvalue weighted by molar-refractivity contribution is 0.417. The Hall–Kier alpha value is -1.76. The average Bonchev–Trinajstić information content (AvgIpc) is 2.59. The topological polar surface area (TPSA) is 73.2 Å². The first-order valence-electron chi connectivity index (χ1n) is 4.89. The number of aryl methyl sites for hydroxylation is 1. The third-order valence-corrected chi connectivity index (χ3v) is 2.95. The summed E-state index contributed by atoms with van der Waals surface area (Å²) in [4.78, 5) is 0. The van der Waals surface area contributed by atoms with Gasteiger partial charge in [0, 0.05) is 12.4 Å². The summed E-state index contributed by atoms with van der Waals surface area (Å²) >= 11 is 0. The van der Waals surface area contributed by atoms with Crippen molar-refractivity contribution < 1.29 is 13.2 Å². The lowest BCUT2D eigenvalue weighted by atomic mass is 10.2. The van der Waals surface area contributed by atoms with Gasteiger partial charge < -0.3 is 4.74 Å². The number of methoxy groups -OCH3 is 1. The van der Waals surface area contributed by atoms with E-state index in [-0.39, 0.29) is 0 Å². The van der Waals surface area contributed by atoms with Crippen LogP contribution in [0.25, 0.3) is 10.9 Å². The summed E-state index contributed by atoms with van der Waals surface area (Å²) in [6.07, 6.45) is 2.77. The van der Waals surface area contributed by atoms with Crippen LogP contribution in [0.5, 0.6) is 5.75 Å². The Morgan fingerprint density at radius 2 is 2.12 bits per heavy atom. The van der Waals surface area contributed by atoms with Crippen molar-refractivity contribution in [2.45, 2.75) is 0 Å². The largest absolute Gasteiger partial charge is 0.494 e. The number of fused-ring (bicyclic) bond motifs is 1. The maximum atomic E-state index is 11.3. The average molecular weight is 255 g/mol. The predicted octanol–water partition coefficient (Wildman–Crippen LogP) is 0.953. The Balaban J connectivity index is 2.75. The van der Waals surface area contributed by atoms with Crippen LogP contribution < -0.4 is 9.46 Å². The third-order valence-electron chi connectivity index (χ3n) is 2.37. The van der Waals surface area contributed by atoms with Gasteiger partial charge in [-0.3, -0.25) is 9.40 Å². The van der Waals surface area contributed by atoms with Crippen molar-refractivity contribution in [1.29, 1.82) is 0 Å². The number of ether oxygens (including phenoxy) is 1. The minimum atomic E-state index is -3.37. The molecule has 0 aliphatic rings. The van der Waals surface area contributed by atoms with Gasteiger partial charge in [0.25, 0.3) is 0 Å². The first-order valence-corrected chi connectivity index (χ1v) is 6.78. The lowest BCUT2D eigenvalue weighted by Crippen LogP contribution is -2.11. The van der Waals surface area contributed by atoms with E-state index in [0.717, 1.165) is 11.6 Å². The zero-order valence-corrected chi connectivity index (χ0v) is 10.6. The Labute approximate surface area is 99.2 Å². The van der Waals surface area contributed by atoms with Crippen molar-refractivity contribution in [2.24, 2.45) is 7.05 Å². The number of nitrogens with one attached hydrogen (secondary N) is 1. The quantitative estimate of drug-likeness (QED) is 0.886. The zero-order chi connectivity index (χ0) is 12.6. The molecule has 7 heteroatoms. The van der Waals surface area contributed by atoms with Gasteiger partial charge in [-0.2, -0.15) is 5.10 Å². The van der Waals surface area contributed by atoms with Crippen LogP contribution in [0.15, 0.2) is 18.3 Å². The SMILES string of the molecule is COc1ccc2cnn(C)c2c1NS(C)(=O)=O. The maximum Gasteiger partial charge on any atom is 0.230 e. The first-order chi connectivity index (χ1) is 7.92. The van der Waals surface area contributed by atoms with Gasteiger partial charge in [-0.25, -0.2) is 8.42 Å². The second kappa shape index (κ2) is 3.92. The Bertz CT molecular complexity index is 661. The highest BCUT2D eigenvalue weighted by Crippen LogP contribution is 2.33. The number of nitrogens with zero attached hydrogens (tertiary/aromatic N) is 2. The number of rotatable bonds is 3. The fourth-order valence-electron chi connectivity index (χ4n) is 1.70. The van der Waals surface area contributed by atoms with Gasteiger partial charge in [-0.05, 0) is 12.1 Å². The summed E-state index contributed by atoms with van der Waals surface area (Å²) in [6, 6.07) is 3.53. The van der Waals surface area contributed by atoms with Crippen LogP contribution >= 0.6 is 0 Å². The third kappa shape index (κ3) is 2.19. The molecule has 0 fully saturated rings. The van der Waals surface area contributed by atoms with Crippen molar-refractivity contribution in [1.82, 2.24) is 9.78 Å². The van der Waals surface area contributed by atoms with Crippen LogP contribution in [0.3, 0.4) is 0 Å². The van der Waals surface area contributed by atoms with E-state index >= 15 is 0 Å². The molecule has 1 aromatic heterocycles. The fourth-order valence-corrected chi connectivity index (χ4v) is 2.27. The van der Waals surface area contributed by atoms with E-state index in [9.17, 15) is 8.42 Å². The number of hydrogen-bond donors (Lipinski definition) is 1. The summed E-state index contributed by atoms with van der Waals surface area (Å²) in [5, 5.41) is 4.93. The second-order valence-corrected chi connectivity index (χ2v) is 5.47. The van der Waals surface area contributed by atoms with E-state index in [1.54, 1.807) is 24.0 Å². The highest BCUT2D eigenvalue weighted by atomic mass is 32.2. The summed E-state index contributed by atoms with van der Waals surface area (Å²) in [5.41, 5.74) is 1.10. The molecule has 17 heavy (non-hydrogen) atoms. The van der Waals surface area contributed by atoms with Crippen LogP contribution in [-0.4, -0.2) is 31.6 Å². The molecule has 0 amide bonds. The molecule has 0 spiro atoms. The molecule has 2 rings (SSSR count). The second-order valence-electron chi connectivity index (χ2n) is 3.72. The van der Waals surface area contributed by atoms with Crippen LogP contribution in [0.1, 0.15) is 0 Å². The van der Waals surface area contributed by atoms with E-state index in [4.69, 9.17) is 4.74 Å². The summed E-state index contributed by atoms with van der Waals surface area (Å²) < 4.78 is 31.9. The predicted molar refractivity (Wildman–Crippen MR) is 65.7 cm³/mol. The van der Waals surface area contributed by atoms with Crippen LogP contribution in [0.2, 0.25) is 0 Å². The van der Waals surface area contributed by atoms with E-state index in [2.05, 4.69) is 9.82 Å². The van der Waals surface area contributed by atoms with E-state index in [0.29, 0.717) is 17.0 Å². The van der Waals surface area contributed by atoms with E-state index in [1.807, 2.05) is 6.07 Å². The van der Waals surface area contributed by atoms with Crippen molar-refractivity contribution in [3.05, 3.63) is 18.3 Å². The molecule has 1 N–H and O–H groups in total. The lowest BCUT2D eigenvalue weighted by Gasteiger charge is -2.11. The van der Waals surface area contributed by atoms with Crippen molar-refractivity contribution in [2.75, 3.05) is 18.1 Å². The van der Waals surface area contributed by atoms with Crippen LogP contribution in [-0.2, 0) is 17.1 Å². The molecule has 92 valence electrons. The molecule has 0 saturated heterocycles. The highest BCUT2D eigenvalue weighted by Gasteiger charge is 2.15. The molecule has 0 unspecified atom stereocenters. The Morgan fingerprint density at radius 3 is 2.71 bits per heavy atom. The molecule has 0 saturated carbocycles. The van der Waals surface area contributed by atoms with Gasteiger partial charge in [0.1, 0.15) is 11.4 Å². The summed E-state index contributed by atoms with van der Waals surface area (Å²) in [7, 11) is -0.131. The molecular formula is C10H13N3O3S. The number of sulfonamides is 1. The Kier molecular flexibility index (Phi) is 2.70. The smallest absolute Gasteiger partial charge is 0.230 e. The fraction of sp³-hybridized carbons (Fsp3) is 0.300. The van der Waals surface area contributed by atoms with Gasteiger partial charge in [0.05, 0.1) is 25.1 Å². The van der Waals surface area contributed by atoms with Gasteiger partial charge >= 0.3 is 0 Å². The Morgan fingerprint density at radius 1 is 1.41 bits per heavy atom. The van der Waals surface area contributed by atoms with Crippen LogP contribution in [0.4, 0.5) is 5.69 Å². The molecule has 0 aliphatic heterocycles. The molecule has 0 aliphatic carbocycles. The van der Waals surface area contributed by atoms with Gasteiger partial charge in [0.15, 0.2) is 0 Å². The van der Waals surface area contributed by atoms with Gasteiger partial charge in [-0.15, -0.1) is 0 Å². The normalized spacial score (nSPS) is 11.7. The standard InChI is InChI=1S/C10H13N3O3S/c1-13-10-7(6-11-13)4-5-8(16-2)9(10)12-17(3,14)15/h4-6,12H,1-3H3. The monoisotopic (exact) mass is 255 g/mol.